The van der Waals surface area contributed by atoms with Crippen molar-refractivity contribution in [1.29, 1.82) is 0 Å². The van der Waals surface area contributed by atoms with Gasteiger partial charge < -0.3 is 10.4 Å². The molecular formula is C7H13NO. The minimum Gasteiger partial charge on any atom is -0.392 e. The molecule has 0 radical (unpaired) electrons. The summed E-state index contributed by atoms with van der Waals surface area (Å²) < 4.78 is 0. The number of aliphatic hydroxyl groups excluding tert-OH is 1. The summed E-state index contributed by atoms with van der Waals surface area (Å²) in [6.07, 6.45) is 4.61. The molecule has 3 atom stereocenters. The van der Waals surface area contributed by atoms with Gasteiger partial charge in [0.05, 0.1) is 6.10 Å². The van der Waals surface area contributed by atoms with Gasteiger partial charge in [-0.05, 0) is 25.7 Å². The number of fused-ring (bicyclic) bond motifs is 2. The van der Waals surface area contributed by atoms with Crippen LogP contribution in [0.15, 0.2) is 0 Å². The summed E-state index contributed by atoms with van der Waals surface area (Å²) in [4.78, 5) is 0. The summed E-state index contributed by atoms with van der Waals surface area (Å²) >= 11 is 0. The topological polar surface area (TPSA) is 32.3 Å². The molecule has 0 aliphatic carbocycles. The average molecular weight is 127 g/mol. The quantitative estimate of drug-likeness (QED) is 0.489. The second kappa shape index (κ2) is 1.96. The van der Waals surface area contributed by atoms with Gasteiger partial charge in [0, 0.05) is 12.1 Å². The van der Waals surface area contributed by atoms with E-state index < -0.39 is 0 Å². The maximum atomic E-state index is 9.33. The van der Waals surface area contributed by atoms with Crippen molar-refractivity contribution in [1.82, 2.24) is 5.32 Å². The van der Waals surface area contributed by atoms with E-state index in [9.17, 15) is 5.11 Å². The van der Waals surface area contributed by atoms with E-state index in [1.54, 1.807) is 0 Å². The highest BCUT2D eigenvalue weighted by molar-refractivity contribution is 4.93. The van der Waals surface area contributed by atoms with Crippen molar-refractivity contribution >= 4 is 0 Å². The van der Waals surface area contributed by atoms with Crippen LogP contribution in [0, 0.1) is 0 Å². The van der Waals surface area contributed by atoms with E-state index >= 15 is 0 Å². The first kappa shape index (κ1) is 5.69. The summed E-state index contributed by atoms with van der Waals surface area (Å²) in [7, 11) is 0. The lowest BCUT2D eigenvalue weighted by Crippen LogP contribution is -2.43. The van der Waals surface area contributed by atoms with E-state index in [1.165, 1.54) is 19.3 Å². The first-order chi connectivity index (χ1) is 4.36. The molecular weight excluding hydrogens is 114 g/mol. The summed E-state index contributed by atoms with van der Waals surface area (Å²) in [5.41, 5.74) is 0. The average Bonchev–Trinajstić information content (AvgIpc) is 2.25. The van der Waals surface area contributed by atoms with Gasteiger partial charge in [-0.15, -0.1) is 0 Å². The lowest BCUT2D eigenvalue weighted by molar-refractivity contribution is 0.103. The standard InChI is InChI=1S/C7H13NO/c9-7-4-2-5-1-3-6(7)8-5/h5-9H,1-4H2/t5-,6+,7-/m0/s1. The van der Waals surface area contributed by atoms with Crippen LogP contribution in [0.1, 0.15) is 25.7 Å². The molecule has 0 aromatic rings. The third-order valence-corrected chi connectivity index (χ3v) is 2.55. The summed E-state index contributed by atoms with van der Waals surface area (Å²) in [6, 6.07) is 1.17. The molecule has 52 valence electrons. The van der Waals surface area contributed by atoms with Gasteiger partial charge in [-0.25, -0.2) is 0 Å². The summed E-state index contributed by atoms with van der Waals surface area (Å²) in [5.74, 6) is 0. The SMILES string of the molecule is O[C@H]1CC[C@@H]2CC[C@H]1N2. The predicted molar refractivity (Wildman–Crippen MR) is 35.2 cm³/mol. The van der Waals surface area contributed by atoms with Gasteiger partial charge in [0.25, 0.3) is 0 Å². The van der Waals surface area contributed by atoms with Gasteiger partial charge >= 0.3 is 0 Å². The molecule has 0 saturated carbocycles. The number of piperidine rings is 1. The van der Waals surface area contributed by atoms with Crippen LogP contribution in [0.3, 0.4) is 0 Å². The smallest absolute Gasteiger partial charge is 0.0693 e. The first-order valence-corrected chi connectivity index (χ1v) is 3.80. The van der Waals surface area contributed by atoms with Gasteiger partial charge in [-0.1, -0.05) is 0 Å². The lowest BCUT2D eigenvalue weighted by Gasteiger charge is -2.25. The number of hydrogen-bond donors (Lipinski definition) is 2. The van der Waals surface area contributed by atoms with Crippen LogP contribution in [0.4, 0.5) is 0 Å². The first-order valence-electron chi connectivity index (χ1n) is 3.80. The highest BCUT2D eigenvalue weighted by Crippen LogP contribution is 2.26. The minimum absolute atomic E-state index is 0.0521. The van der Waals surface area contributed by atoms with Gasteiger partial charge in [-0.2, -0.15) is 0 Å². The van der Waals surface area contributed by atoms with E-state index in [4.69, 9.17) is 0 Å². The van der Waals surface area contributed by atoms with Crippen molar-refractivity contribution in [3.63, 3.8) is 0 Å². The second-order valence-electron chi connectivity index (χ2n) is 3.19. The van der Waals surface area contributed by atoms with Crippen LogP contribution in [0.2, 0.25) is 0 Å². The Morgan fingerprint density at radius 3 is 2.67 bits per heavy atom. The molecule has 0 aromatic carbocycles. The molecule has 2 heterocycles. The number of hydrogen-bond acceptors (Lipinski definition) is 2. The van der Waals surface area contributed by atoms with Crippen LogP contribution in [-0.4, -0.2) is 23.3 Å². The van der Waals surface area contributed by atoms with Crippen molar-refractivity contribution in [3.8, 4) is 0 Å². The van der Waals surface area contributed by atoms with Crippen molar-refractivity contribution < 1.29 is 5.11 Å². The normalized spacial score (nSPS) is 49.7. The molecule has 2 fully saturated rings. The van der Waals surface area contributed by atoms with E-state index in [2.05, 4.69) is 5.32 Å². The molecule has 2 heteroatoms. The zero-order valence-corrected chi connectivity index (χ0v) is 5.51. The molecule has 0 spiro atoms. The number of rotatable bonds is 0. The predicted octanol–water partition coefficient (Wildman–Crippen LogP) is 0.262. The van der Waals surface area contributed by atoms with E-state index in [0.717, 1.165) is 12.5 Å². The molecule has 2 nitrogen and oxygen atoms in total. The molecule has 0 unspecified atom stereocenters. The third kappa shape index (κ3) is 0.864. The van der Waals surface area contributed by atoms with Crippen molar-refractivity contribution in [2.24, 2.45) is 0 Å². The zero-order chi connectivity index (χ0) is 6.27. The molecule has 2 N–H and O–H groups in total. The number of aliphatic hydroxyl groups is 1. The Balaban J connectivity index is 2.05. The minimum atomic E-state index is -0.0521. The highest BCUT2D eigenvalue weighted by atomic mass is 16.3. The van der Waals surface area contributed by atoms with E-state index in [1.807, 2.05) is 0 Å². The molecule has 0 amide bonds. The molecule has 0 aromatic heterocycles. The molecule has 2 aliphatic rings. The Kier molecular flexibility index (Phi) is 1.24. The van der Waals surface area contributed by atoms with Gasteiger partial charge in [0.15, 0.2) is 0 Å². The lowest BCUT2D eigenvalue weighted by atomic mass is 10.0. The molecule has 2 bridgehead atoms. The van der Waals surface area contributed by atoms with Crippen molar-refractivity contribution in [3.05, 3.63) is 0 Å². The van der Waals surface area contributed by atoms with Gasteiger partial charge in [0.2, 0.25) is 0 Å². The third-order valence-electron chi connectivity index (χ3n) is 2.55. The van der Waals surface area contributed by atoms with Gasteiger partial charge in [-0.3, -0.25) is 0 Å². The summed E-state index contributed by atoms with van der Waals surface area (Å²) in [6.45, 7) is 0. The zero-order valence-electron chi connectivity index (χ0n) is 5.51. The highest BCUT2D eigenvalue weighted by Gasteiger charge is 2.33. The monoisotopic (exact) mass is 127 g/mol. The van der Waals surface area contributed by atoms with Gasteiger partial charge in [0.1, 0.15) is 0 Å². The fourth-order valence-electron chi connectivity index (χ4n) is 1.95. The molecule has 2 aliphatic heterocycles. The Morgan fingerprint density at radius 2 is 1.89 bits per heavy atom. The fourth-order valence-corrected chi connectivity index (χ4v) is 1.95. The van der Waals surface area contributed by atoms with Crippen molar-refractivity contribution in [2.45, 2.75) is 43.9 Å². The fraction of sp³-hybridized carbons (Fsp3) is 1.00. The summed E-state index contributed by atoms with van der Waals surface area (Å²) in [5, 5.41) is 12.7. The van der Waals surface area contributed by atoms with Crippen LogP contribution in [-0.2, 0) is 0 Å². The van der Waals surface area contributed by atoms with Crippen LogP contribution in [0.25, 0.3) is 0 Å². The Labute approximate surface area is 55.3 Å². The van der Waals surface area contributed by atoms with Crippen molar-refractivity contribution in [2.75, 3.05) is 0 Å². The molecule has 2 rings (SSSR count). The van der Waals surface area contributed by atoms with Crippen LogP contribution >= 0.6 is 0 Å². The van der Waals surface area contributed by atoms with E-state index in [-0.39, 0.29) is 6.10 Å². The van der Waals surface area contributed by atoms with Crippen LogP contribution < -0.4 is 5.32 Å². The largest absolute Gasteiger partial charge is 0.392 e. The Bertz CT molecular complexity index is 115. The second-order valence-corrected chi connectivity index (χ2v) is 3.19. The molecule has 9 heavy (non-hydrogen) atoms. The molecule has 2 saturated heterocycles. The Hall–Kier alpha value is -0.0800. The van der Waals surface area contributed by atoms with Crippen LogP contribution in [0.5, 0.6) is 0 Å². The van der Waals surface area contributed by atoms with E-state index in [0.29, 0.717) is 6.04 Å². The number of nitrogens with one attached hydrogen (secondary N) is 1. The maximum Gasteiger partial charge on any atom is 0.0693 e. The maximum absolute atomic E-state index is 9.33. The Morgan fingerprint density at radius 1 is 1.11 bits per heavy atom.